The van der Waals surface area contributed by atoms with Gasteiger partial charge in [-0.15, -0.1) is 0 Å². The quantitative estimate of drug-likeness (QED) is 0.798. The van der Waals surface area contributed by atoms with Gasteiger partial charge in [-0.3, -0.25) is 9.20 Å². The van der Waals surface area contributed by atoms with Crippen LogP contribution in [0.25, 0.3) is 16.9 Å². The average Bonchev–Trinajstić information content (AvgIpc) is 2.91. The van der Waals surface area contributed by atoms with Crippen LogP contribution in [0, 0.1) is 13.8 Å². The van der Waals surface area contributed by atoms with Gasteiger partial charge in [0.2, 0.25) is 0 Å². The molecule has 0 saturated heterocycles. The second-order valence-corrected chi connectivity index (χ2v) is 5.87. The first-order valence-electron chi connectivity index (χ1n) is 7.94. The van der Waals surface area contributed by atoms with E-state index in [2.05, 4.69) is 10.3 Å². The maximum absolute atomic E-state index is 12.7. The number of rotatable bonds is 4. The minimum atomic E-state index is -0.0828. The second-order valence-electron chi connectivity index (χ2n) is 5.87. The van der Waals surface area contributed by atoms with Gasteiger partial charge in [-0.05, 0) is 31.9 Å². The van der Waals surface area contributed by atoms with Gasteiger partial charge in [0.25, 0.3) is 5.91 Å². The van der Waals surface area contributed by atoms with Crippen molar-refractivity contribution in [1.82, 2.24) is 14.7 Å². The molecule has 4 heteroatoms. The van der Waals surface area contributed by atoms with E-state index in [1.807, 2.05) is 67.8 Å². The highest BCUT2D eigenvalue weighted by atomic mass is 16.1. The Morgan fingerprint density at radius 1 is 1.09 bits per heavy atom. The first-order valence-corrected chi connectivity index (χ1v) is 7.94. The van der Waals surface area contributed by atoms with E-state index in [1.165, 1.54) is 5.56 Å². The third kappa shape index (κ3) is 2.97. The molecule has 23 heavy (non-hydrogen) atoms. The molecular weight excluding hydrogens is 286 g/mol. The molecule has 0 saturated carbocycles. The highest BCUT2D eigenvalue weighted by Gasteiger charge is 2.20. The molecule has 0 bridgehead atoms. The number of aromatic nitrogens is 2. The van der Waals surface area contributed by atoms with Gasteiger partial charge in [0.05, 0.1) is 0 Å². The molecule has 1 N–H and O–H groups in total. The lowest BCUT2D eigenvalue weighted by atomic mass is 10.1. The highest BCUT2D eigenvalue weighted by molar-refractivity contribution is 5.99. The van der Waals surface area contributed by atoms with Crippen LogP contribution < -0.4 is 5.32 Å². The number of pyridine rings is 1. The van der Waals surface area contributed by atoms with Crippen LogP contribution >= 0.6 is 0 Å². The minimum Gasteiger partial charge on any atom is -0.351 e. The van der Waals surface area contributed by atoms with E-state index in [9.17, 15) is 4.79 Å². The Labute approximate surface area is 136 Å². The SMILES string of the molecule is CCCNC(=O)c1c(-c2ccc(C)cc2)nc2ccc(C)cn12. The van der Waals surface area contributed by atoms with Gasteiger partial charge in [-0.2, -0.15) is 0 Å². The fourth-order valence-corrected chi connectivity index (χ4v) is 2.60. The molecule has 0 unspecified atom stereocenters. The van der Waals surface area contributed by atoms with Crippen molar-refractivity contribution in [3.63, 3.8) is 0 Å². The lowest BCUT2D eigenvalue weighted by molar-refractivity contribution is 0.0948. The Balaban J connectivity index is 2.19. The van der Waals surface area contributed by atoms with Gasteiger partial charge in [0, 0.05) is 18.3 Å². The summed E-state index contributed by atoms with van der Waals surface area (Å²) >= 11 is 0. The summed E-state index contributed by atoms with van der Waals surface area (Å²) in [6.07, 6.45) is 2.86. The lowest BCUT2D eigenvalue weighted by Crippen LogP contribution is -2.26. The summed E-state index contributed by atoms with van der Waals surface area (Å²) in [5.41, 5.74) is 5.34. The molecule has 3 aromatic rings. The lowest BCUT2D eigenvalue weighted by Gasteiger charge is -2.07. The summed E-state index contributed by atoms with van der Waals surface area (Å²) in [6.45, 7) is 6.76. The Morgan fingerprint density at radius 3 is 2.48 bits per heavy atom. The number of fused-ring (bicyclic) bond motifs is 1. The van der Waals surface area contributed by atoms with Gasteiger partial charge < -0.3 is 5.32 Å². The minimum absolute atomic E-state index is 0.0828. The predicted octanol–water partition coefficient (Wildman–Crippen LogP) is 3.76. The van der Waals surface area contributed by atoms with E-state index in [0.29, 0.717) is 12.2 Å². The van der Waals surface area contributed by atoms with Crippen LogP contribution in [0.4, 0.5) is 0 Å². The molecule has 4 nitrogen and oxygen atoms in total. The summed E-state index contributed by atoms with van der Waals surface area (Å²) in [5, 5.41) is 2.97. The molecule has 0 aliphatic rings. The van der Waals surface area contributed by atoms with Crippen molar-refractivity contribution in [3.05, 3.63) is 59.4 Å². The van der Waals surface area contributed by atoms with Gasteiger partial charge in [-0.25, -0.2) is 4.98 Å². The standard InChI is InChI=1S/C19H21N3O/c1-4-11-20-19(23)18-17(15-8-5-13(2)6-9-15)21-16-10-7-14(3)12-22(16)18/h5-10,12H,4,11H2,1-3H3,(H,20,23). The summed E-state index contributed by atoms with van der Waals surface area (Å²) in [5.74, 6) is -0.0828. The predicted molar refractivity (Wildman–Crippen MR) is 92.7 cm³/mol. The fourth-order valence-electron chi connectivity index (χ4n) is 2.60. The number of aryl methyl sites for hydroxylation is 2. The van der Waals surface area contributed by atoms with Crippen LogP contribution in [0.2, 0.25) is 0 Å². The third-order valence-corrected chi connectivity index (χ3v) is 3.84. The van der Waals surface area contributed by atoms with Crippen molar-refractivity contribution in [2.45, 2.75) is 27.2 Å². The summed E-state index contributed by atoms with van der Waals surface area (Å²) in [7, 11) is 0. The Kier molecular flexibility index (Phi) is 4.15. The molecule has 0 aliphatic heterocycles. The zero-order valence-electron chi connectivity index (χ0n) is 13.8. The molecule has 0 aliphatic carbocycles. The zero-order valence-corrected chi connectivity index (χ0v) is 13.8. The smallest absolute Gasteiger partial charge is 0.270 e. The molecule has 3 rings (SSSR count). The second kappa shape index (κ2) is 6.24. The average molecular weight is 307 g/mol. The Morgan fingerprint density at radius 2 is 1.78 bits per heavy atom. The van der Waals surface area contributed by atoms with Gasteiger partial charge in [-0.1, -0.05) is 42.8 Å². The molecule has 0 radical (unpaired) electrons. The summed E-state index contributed by atoms with van der Waals surface area (Å²) in [6, 6.07) is 12.1. The van der Waals surface area contributed by atoms with Crippen LogP contribution in [0.1, 0.15) is 35.0 Å². The van der Waals surface area contributed by atoms with Crippen LogP contribution in [-0.2, 0) is 0 Å². The van der Waals surface area contributed by atoms with Crippen molar-refractivity contribution in [2.75, 3.05) is 6.54 Å². The molecule has 0 fully saturated rings. The van der Waals surface area contributed by atoms with E-state index in [4.69, 9.17) is 0 Å². The number of benzene rings is 1. The van der Waals surface area contributed by atoms with Crippen molar-refractivity contribution in [3.8, 4) is 11.3 Å². The van der Waals surface area contributed by atoms with Crippen LogP contribution in [0.5, 0.6) is 0 Å². The van der Waals surface area contributed by atoms with Gasteiger partial charge >= 0.3 is 0 Å². The number of imidazole rings is 1. The number of hydrogen-bond acceptors (Lipinski definition) is 2. The van der Waals surface area contributed by atoms with Gasteiger partial charge in [0.1, 0.15) is 17.0 Å². The number of carbonyl (C=O) groups excluding carboxylic acids is 1. The molecular formula is C19H21N3O. The van der Waals surface area contributed by atoms with E-state index < -0.39 is 0 Å². The van der Waals surface area contributed by atoms with Crippen molar-refractivity contribution in [2.24, 2.45) is 0 Å². The van der Waals surface area contributed by atoms with E-state index >= 15 is 0 Å². The van der Waals surface area contributed by atoms with Crippen LogP contribution in [-0.4, -0.2) is 21.8 Å². The third-order valence-electron chi connectivity index (χ3n) is 3.84. The van der Waals surface area contributed by atoms with Crippen LogP contribution in [0.15, 0.2) is 42.6 Å². The first kappa shape index (κ1) is 15.3. The summed E-state index contributed by atoms with van der Waals surface area (Å²) in [4.78, 5) is 17.4. The topological polar surface area (TPSA) is 46.4 Å². The normalized spacial score (nSPS) is 10.9. The number of nitrogens with zero attached hydrogens (tertiary/aromatic N) is 2. The maximum atomic E-state index is 12.7. The maximum Gasteiger partial charge on any atom is 0.270 e. The molecule has 1 aromatic carbocycles. The number of nitrogens with one attached hydrogen (secondary N) is 1. The van der Waals surface area contributed by atoms with Crippen LogP contribution in [0.3, 0.4) is 0 Å². The molecule has 118 valence electrons. The van der Waals surface area contributed by atoms with E-state index in [0.717, 1.165) is 28.9 Å². The Bertz CT molecular complexity index is 847. The molecule has 1 amide bonds. The number of amides is 1. The number of carbonyl (C=O) groups is 1. The van der Waals surface area contributed by atoms with E-state index in [1.54, 1.807) is 0 Å². The molecule has 0 atom stereocenters. The van der Waals surface area contributed by atoms with Gasteiger partial charge in [0.15, 0.2) is 0 Å². The number of hydrogen-bond donors (Lipinski definition) is 1. The monoisotopic (exact) mass is 307 g/mol. The van der Waals surface area contributed by atoms with Crippen molar-refractivity contribution in [1.29, 1.82) is 0 Å². The molecule has 0 spiro atoms. The highest BCUT2D eigenvalue weighted by Crippen LogP contribution is 2.25. The van der Waals surface area contributed by atoms with Crippen molar-refractivity contribution >= 4 is 11.6 Å². The first-order chi connectivity index (χ1) is 11.1. The molecule has 2 aromatic heterocycles. The molecule has 2 heterocycles. The largest absolute Gasteiger partial charge is 0.351 e. The van der Waals surface area contributed by atoms with Crippen molar-refractivity contribution < 1.29 is 4.79 Å². The van der Waals surface area contributed by atoms with E-state index in [-0.39, 0.29) is 5.91 Å². The Hall–Kier alpha value is -2.62. The summed E-state index contributed by atoms with van der Waals surface area (Å²) < 4.78 is 1.88. The zero-order chi connectivity index (χ0) is 16.4. The fraction of sp³-hybridized carbons (Fsp3) is 0.263.